The van der Waals surface area contributed by atoms with Crippen LogP contribution in [0.2, 0.25) is 0 Å². The molecule has 2 rings (SSSR count). The van der Waals surface area contributed by atoms with E-state index in [-0.39, 0.29) is 18.0 Å². The van der Waals surface area contributed by atoms with Crippen molar-refractivity contribution in [2.45, 2.75) is 25.9 Å². The second-order valence-corrected chi connectivity index (χ2v) is 6.01. The van der Waals surface area contributed by atoms with Crippen molar-refractivity contribution in [3.63, 3.8) is 0 Å². The minimum atomic E-state index is -0.124. The van der Waals surface area contributed by atoms with Crippen LogP contribution in [0.5, 0.6) is 0 Å². The van der Waals surface area contributed by atoms with E-state index in [1.807, 2.05) is 25.1 Å². The molecule has 0 unspecified atom stereocenters. The average Bonchev–Trinajstić information content (AvgIpc) is 2.53. The molecular weight excluding hydrogens is 272 g/mol. The predicted molar refractivity (Wildman–Crippen MR) is 89.5 cm³/mol. The Morgan fingerprint density at radius 2 is 1.50 bits per heavy atom. The molecule has 2 aromatic rings. The fourth-order valence-corrected chi connectivity index (χ4v) is 2.63. The molecular formula is C19H25N2O+. The summed E-state index contributed by atoms with van der Waals surface area (Å²) in [5.41, 5.74) is 3.67. The van der Waals surface area contributed by atoms with E-state index >= 15 is 0 Å². The van der Waals surface area contributed by atoms with Crippen LogP contribution in [0.3, 0.4) is 0 Å². The number of quaternary nitrogens is 1. The summed E-state index contributed by atoms with van der Waals surface area (Å²) in [6.07, 6.45) is 0. The van der Waals surface area contributed by atoms with Crippen molar-refractivity contribution in [1.29, 1.82) is 0 Å². The van der Waals surface area contributed by atoms with Crippen molar-refractivity contribution in [2.24, 2.45) is 0 Å². The van der Waals surface area contributed by atoms with E-state index < -0.39 is 0 Å². The highest BCUT2D eigenvalue weighted by molar-refractivity contribution is 5.79. The smallest absolute Gasteiger partial charge is 0.280 e. The third-order valence-electron chi connectivity index (χ3n) is 3.91. The molecule has 2 N–H and O–H groups in total. The predicted octanol–water partition coefficient (Wildman–Crippen LogP) is 2.12. The van der Waals surface area contributed by atoms with Crippen molar-refractivity contribution >= 4 is 5.91 Å². The lowest BCUT2D eigenvalue weighted by molar-refractivity contribution is -0.705. The number of carbonyl (C=O) groups excluding carboxylic acids is 1. The highest BCUT2D eigenvalue weighted by atomic mass is 16.2. The van der Waals surface area contributed by atoms with Gasteiger partial charge in [-0.2, -0.15) is 0 Å². The molecule has 1 amide bonds. The lowest BCUT2D eigenvalue weighted by atomic mass is 9.97. The number of aryl methyl sites for hydroxylation is 1. The topological polar surface area (TPSA) is 36.9 Å². The lowest BCUT2D eigenvalue weighted by Crippen LogP contribution is -2.92. The molecule has 3 nitrogen and oxygen atoms in total. The fraction of sp³-hybridized carbons (Fsp3) is 0.316. The van der Waals surface area contributed by atoms with Crippen LogP contribution in [0.25, 0.3) is 0 Å². The minimum absolute atomic E-state index is 0.124. The number of nitrogens with two attached hydrogens (primary N) is 1. The molecule has 0 saturated carbocycles. The number of hydrogen-bond acceptors (Lipinski definition) is 1. The normalized spacial score (nSPS) is 13.5. The van der Waals surface area contributed by atoms with Gasteiger partial charge in [-0.15, -0.1) is 0 Å². The van der Waals surface area contributed by atoms with Gasteiger partial charge in [-0.1, -0.05) is 60.2 Å². The fourth-order valence-electron chi connectivity index (χ4n) is 2.63. The molecule has 0 aromatic heterocycles. The Kier molecular flexibility index (Phi) is 5.34. The summed E-state index contributed by atoms with van der Waals surface area (Å²) in [4.78, 5) is 13.8. The zero-order chi connectivity index (χ0) is 16.1. The number of amides is 1. The van der Waals surface area contributed by atoms with Gasteiger partial charge in [0.05, 0.1) is 0 Å². The van der Waals surface area contributed by atoms with Gasteiger partial charge in [0.25, 0.3) is 5.91 Å². The second-order valence-electron chi connectivity index (χ2n) is 6.01. The van der Waals surface area contributed by atoms with Crippen molar-refractivity contribution < 1.29 is 10.1 Å². The average molecular weight is 297 g/mol. The largest absolute Gasteiger partial charge is 0.344 e. The van der Waals surface area contributed by atoms with E-state index in [1.165, 1.54) is 16.7 Å². The summed E-state index contributed by atoms with van der Waals surface area (Å²) in [5.74, 6) is 0.132. The molecule has 116 valence electrons. The summed E-state index contributed by atoms with van der Waals surface area (Å²) in [6.45, 7) is 4.05. The minimum Gasteiger partial charge on any atom is -0.344 e. The Balaban J connectivity index is 2.30. The Morgan fingerprint density at radius 3 is 2.05 bits per heavy atom. The van der Waals surface area contributed by atoms with E-state index in [4.69, 9.17) is 0 Å². The molecule has 0 radical (unpaired) electrons. The van der Waals surface area contributed by atoms with Crippen LogP contribution in [0.1, 0.15) is 29.7 Å². The third kappa shape index (κ3) is 3.95. The molecule has 0 spiro atoms. The third-order valence-corrected chi connectivity index (χ3v) is 3.91. The number of hydrogen-bond donors (Lipinski definition) is 1. The Hall–Kier alpha value is -2.13. The Morgan fingerprint density at radius 1 is 0.955 bits per heavy atom. The molecule has 0 heterocycles. The van der Waals surface area contributed by atoms with Gasteiger partial charge in [-0.25, -0.2) is 0 Å². The SMILES string of the molecule is Cc1ccc([C@H]([NH2+][C@H](C)C(=O)N(C)C)c2ccccc2)cc1. The zero-order valence-electron chi connectivity index (χ0n) is 13.8. The number of rotatable bonds is 5. The molecule has 2 aromatic carbocycles. The van der Waals surface area contributed by atoms with Crippen molar-refractivity contribution in [3.8, 4) is 0 Å². The first-order chi connectivity index (χ1) is 10.5. The van der Waals surface area contributed by atoms with Gasteiger partial charge in [-0.3, -0.25) is 4.79 Å². The first-order valence-corrected chi connectivity index (χ1v) is 7.66. The van der Waals surface area contributed by atoms with Crippen LogP contribution in [0.15, 0.2) is 54.6 Å². The summed E-state index contributed by atoms with van der Waals surface area (Å²) in [7, 11) is 3.60. The van der Waals surface area contributed by atoms with Gasteiger partial charge in [0.1, 0.15) is 6.04 Å². The first kappa shape index (κ1) is 16.2. The van der Waals surface area contributed by atoms with E-state index in [9.17, 15) is 4.79 Å². The van der Waals surface area contributed by atoms with Crippen molar-refractivity contribution in [1.82, 2.24) is 4.90 Å². The van der Waals surface area contributed by atoms with Crippen LogP contribution in [0.4, 0.5) is 0 Å². The van der Waals surface area contributed by atoms with Crippen molar-refractivity contribution in [2.75, 3.05) is 14.1 Å². The van der Waals surface area contributed by atoms with E-state index in [0.29, 0.717) is 0 Å². The monoisotopic (exact) mass is 297 g/mol. The summed E-state index contributed by atoms with van der Waals surface area (Å²) in [6, 6.07) is 18.9. The van der Waals surface area contributed by atoms with Gasteiger partial charge in [0, 0.05) is 25.2 Å². The lowest BCUT2D eigenvalue weighted by Gasteiger charge is -2.22. The second kappa shape index (κ2) is 7.23. The van der Waals surface area contributed by atoms with Crippen LogP contribution < -0.4 is 5.32 Å². The molecule has 0 bridgehead atoms. The Labute approximate surface area is 133 Å². The van der Waals surface area contributed by atoms with E-state index in [0.717, 1.165) is 0 Å². The molecule has 0 fully saturated rings. The first-order valence-electron chi connectivity index (χ1n) is 7.66. The van der Waals surface area contributed by atoms with Crippen LogP contribution >= 0.6 is 0 Å². The maximum atomic E-state index is 12.2. The quantitative estimate of drug-likeness (QED) is 0.902. The van der Waals surface area contributed by atoms with E-state index in [2.05, 4.69) is 48.6 Å². The van der Waals surface area contributed by atoms with Gasteiger partial charge < -0.3 is 10.2 Å². The standard InChI is InChI=1S/C19H24N2O/c1-14-10-12-17(13-11-14)18(16-8-6-5-7-9-16)20-15(2)19(22)21(3)4/h5-13,15,18,20H,1-4H3/p+1/t15-,18-/m1/s1. The number of likely N-dealkylation sites (N-methyl/N-ethyl adjacent to an activating group) is 1. The molecule has 0 aliphatic rings. The molecule has 2 atom stereocenters. The summed E-state index contributed by atoms with van der Waals surface area (Å²) in [5, 5.41) is 2.14. The highest BCUT2D eigenvalue weighted by Crippen LogP contribution is 2.19. The number of nitrogens with zero attached hydrogens (tertiary/aromatic N) is 1. The van der Waals surface area contributed by atoms with Gasteiger partial charge in [-0.05, 0) is 13.8 Å². The van der Waals surface area contributed by atoms with E-state index in [1.54, 1.807) is 19.0 Å². The molecule has 0 saturated heterocycles. The number of benzene rings is 2. The van der Waals surface area contributed by atoms with Crippen LogP contribution in [0, 0.1) is 6.92 Å². The van der Waals surface area contributed by atoms with Crippen molar-refractivity contribution in [3.05, 3.63) is 71.3 Å². The Bertz CT molecular complexity index is 605. The zero-order valence-corrected chi connectivity index (χ0v) is 13.8. The maximum Gasteiger partial charge on any atom is 0.280 e. The van der Waals surface area contributed by atoms with Crippen LogP contribution in [-0.2, 0) is 4.79 Å². The molecule has 22 heavy (non-hydrogen) atoms. The van der Waals surface area contributed by atoms with Gasteiger partial charge in [0.2, 0.25) is 0 Å². The molecule has 0 aliphatic carbocycles. The highest BCUT2D eigenvalue weighted by Gasteiger charge is 2.25. The van der Waals surface area contributed by atoms with Gasteiger partial charge >= 0.3 is 0 Å². The molecule has 0 aliphatic heterocycles. The summed E-state index contributed by atoms with van der Waals surface area (Å²) < 4.78 is 0. The maximum absolute atomic E-state index is 12.2. The van der Waals surface area contributed by atoms with Gasteiger partial charge in [0.15, 0.2) is 6.04 Å². The van der Waals surface area contributed by atoms with Crippen LogP contribution in [-0.4, -0.2) is 30.9 Å². The molecule has 3 heteroatoms. The summed E-state index contributed by atoms with van der Waals surface area (Å²) >= 11 is 0. The number of carbonyl (C=O) groups is 1.